The first-order chi connectivity index (χ1) is 10.1. The first-order valence-corrected chi connectivity index (χ1v) is 8.76. The van der Waals surface area contributed by atoms with Crippen LogP contribution in [0.25, 0.3) is 0 Å². The maximum atomic E-state index is 11.9. The Hall–Kier alpha value is -1.76. The zero-order valence-electron chi connectivity index (χ0n) is 12.1. The van der Waals surface area contributed by atoms with Crippen molar-refractivity contribution in [3.8, 4) is 0 Å². The minimum absolute atomic E-state index is 0.252. The fourth-order valence-electron chi connectivity index (χ4n) is 2.61. The van der Waals surface area contributed by atoms with Gasteiger partial charge in [0.15, 0.2) is 5.96 Å². The molecule has 2 aliphatic rings. The standard InChI is InChI=1S/C14H20N4O2S/c1-17-9-7-15-14(17)16-11-12-3-5-13(6-4-12)18-8-2-10-21(18,19)20/h3-6H,2,7-11H2,1H3,(H,15,16). The Labute approximate surface area is 125 Å². The van der Waals surface area contributed by atoms with Crippen LogP contribution in [0.3, 0.4) is 0 Å². The van der Waals surface area contributed by atoms with E-state index < -0.39 is 10.0 Å². The van der Waals surface area contributed by atoms with Gasteiger partial charge in [0, 0.05) is 26.7 Å². The molecule has 0 unspecified atom stereocenters. The van der Waals surface area contributed by atoms with Crippen molar-refractivity contribution in [3.05, 3.63) is 29.8 Å². The average molecular weight is 308 g/mol. The highest BCUT2D eigenvalue weighted by Crippen LogP contribution is 2.24. The quantitative estimate of drug-likeness (QED) is 0.889. The summed E-state index contributed by atoms with van der Waals surface area (Å²) in [4.78, 5) is 6.46. The maximum absolute atomic E-state index is 11.9. The summed E-state index contributed by atoms with van der Waals surface area (Å²) in [6.07, 6.45) is 0.706. The molecule has 0 bridgehead atoms. The normalized spacial score (nSPS) is 20.7. The molecular weight excluding hydrogens is 288 g/mol. The third-order valence-corrected chi connectivity index (χ3v) is 5.70. The Balaban J connectivity index is 1.64. The van der Waals surface area contributed by atoms with Crippen LogP contribution in [0.4, 0.5) is 5.69 Å². The lowest BCUT2D eigenvalue weighted by Crippen LogP contribution is -2.35. The van der Waals surface area contributed by atoms with Crippen LogP contribution in [0.2, 0.25) is 0 Å². The van der Waals surface area contributed by atoms with E-state index in [9.17, 15) is 8.42 Å². The third-order valence-electron chi connectivity index (χ3n) is 3.83. The molecule has 21 heavy (non-hydrogen) atoms. The summed E-state index contributed by atoms with van der Waals surface area (Å²) in [6.45, 7) is 3.07. The van der Waals surface area contributed by atoms with Gasteiger partial charge in [-0.3, -0.25) is 9.30 Å². The van der Waals surface area contributed by atoms with Gasteiger partial charge in [0.05, 0.1) is 18.0 Å². The van der Waals surface area contributed by atoms with E-state index in [1.54, 1.807) is 0 Å². The SMILES string of the molecule is CN1CCN=C1NCc1ccc(N2CCCS2(=O)=O)cc1. The van der Waals surface area contributed by atoms with Gasteiger partial charge in [-0.1, -0.05) is 12.1 Å². The summed E-state index contributed by atoms with van der Waals surface area (Å²) in [6, 6.07) is 7.68. The Kier molecular flexibility index (Phi) is 3.75. The molecule has 0 radical (unpaired) electrons. The van der Waals surface area contributed by atoms with Crippen LogP contribution < -0.4 is 9.62 Å². The number of nitrogens with one attached hydrogen (secondary N) is 1. The van der Waals surface area contributed by atoms with Crippen molar-refractivity contribution < 1.29 is 8.42 Å². The highest BCUT2D eigenvalue weighted by atomic mass is 32.2. The highest BCUT2D eigenvalue weighted by molar-refractivity contribution is 7.93. The Bertz CT molecular complexity index is 639. The number of benzene rings is 1. The molecule has 0 atom stereocenters. The van der Waals surface area contributed by atoms with E-state index in [0.29, 0.717) is 19.5 Å². The topological polar surface area (TPSA) is 65.0 Å². The minimum Gasteiger partial charge on any atom is -0.352 e. The van der Waals surface area contributed by atoms with E-state index in [1.165, 1.54) is 4.31 Å². The van der Waals surface area contributed by atoms with Crippen LogP contribution in [-0.4, -0.2) is 51.7 Å². The predicted molar refractivity (Wildman–Crippen MR) is 84.0 cm³/mol. The monoisotopic (exact) mass is 308 g/mol. The molecule has 1 fully saturated rings. The number of hydrogen-bond acceptors (Lipinski definition) is 5. The van der Waals surface area contributed by atoms with Crippen molar-refractivity contribution in [1.29, 1.82) is 0 Å². The Morgan fingerprint density at radius 2 is 2.00 bits per heavy atom. The van der Waals surface area contributed by atoms with Gasteiger partial charge in [0.1, 0.15) is 0 Å². The fourth-order valence-corrected chi connectivity index (χ4v) is 4.18. The first-order valence-electron chi connectivity index (χ1n) is 7.15. The maximum Gasteiger partial charge on any atom is 0.235 e. The fraction of sp³-hybridized carbons (Fsp3) is 0.500. The second-order valence-corrected chi connectivity index (χ2v) is 7.40. The van der Waals surface area contributed by atoms with E-state index in [4.69, 9.17) is 0 Å². The van der Waals surface area contributed by atoms with Gasteiger partial charge >= 0.3 is 0 Å². The van der Waals surface area contributed by atoms with Crippen molar-refractivity contribution in [2.45, 2.75) is 13.0 Å². The number of sulfonamides is 1. The van der Waals surface area contributed by atoms with Crippen LogP contribution in [0, 0.1) is 0 Å². The molecule has 3 rings (SSSR count). The van der Waals surface area contributed by atoms with Crippen LogP contribution in [0.5, 0.6) is 0 Å². The molecule has 2 aliphatic heterocycles. The van der Waals surface area contributed by atoms with Gasteiger partial charge in [-0.15, -0.1) is 0 Å². The summed E-state index contributed by atoms with van der Waals surface area (Å²) in [7, 11) is -1.08. The predicted octanol–water partition coefficient (Wildman–Crippen LogP) is 0.617. The molecule has 0 amide bonds. The van der Waals surface area contributed by atoms with Crippen LogP contribution >= 0.6 is 0 Å². The first kappa shape index (κ1) is 14.2. The molecule has 6 nitrogen and oxygen atoms in total. The number of guanidine groups is 1. The Morgan fingerprint density at radius 1 is 1.24 bits per heavy atom. The Morgan fingerprint density at radius 3 is 2.57 bits per heavy atom. The molecule has 0 spiro atoms. The van der Waals surface area contributed by atoms with Crippen molar-refractivity contribution in [3.63, 3.8) is 0 Å². The average Bonchev–Trinajstić information content (AvgIpc) is 3.02. The van der Waals surface area contributed by atoms with Crippen LogP contribution in [-0.2, 0) is 16.6 Å². The number of likely N-dealkylation sites (N-methyl/N-ethyl adjacent to an activating group) is 1. The van der Waals surface area contributed by atoms with E-state index in [0.717, 1.165) is 30.3 Å². The number of nitrogens with zero attached hydrogens (tertiary/aromatic N) is 3. The van der Waals surface area contributed by atoms with Crippen molar-refractivity contribution in [2.24, 2.45) is 4.99 Å². The molecule has 1 saturated heterocycles. The summed E-state index contributed by atoms with van der Waals surface area (Å²) in [5, 5.41) is 3.30. The highest BCUT2D eigenvalue weighted by Gasteiger charge is 2.28. The third kappa shape index (κ3) is 2.97. The van der Waals surface area contributed by atoms with E-state index >= 15 is 0 Å². The van der Waals surface area contributed by atoms with Crippen molar-refractivity contribution in [2.75, 3.05) is 36.7 Å². The molecule has 0 saturated carbocycles. The van der Waals surface area contributed by atoms with Gasteiger partial charge in [0.25, 0.3) is 0 Å². The van der Waals surface area contributed by atoms with Gasteiger partial charge in [-0.2, -0.15) is 0 Å². The van der Waals surface area contributed by atoms with Gasteiger partial charge in [0.2, 0.25) is 10.0 Å². The lowest BCUT2D eigenvalue weighted by Gasteiger charge is -2.18. The molecule has 2 heterocycles. The number of rotatable bonds is 3. The smallest absolute Gasteiger partial charge is 0.235 e. The van der Waals surface area contributed by atoms with E-state index in [2.05, 4.69) is 15.2 Å². The zero-order chi connectivity index (χ0) is 14.9. The van der Waals surface area contributed by atoms with Gasteiger partial charge in [-0.25, -0.2) is 8.42 Å². The van der Waals surface area contributed by atoms with Crippen molar-refractivity contribution in [1.82, 2.24) is 10.2 Å². The lowest BCUT2D eigenvalue weighted by atomic mass is 10.2. The summed E-state index contributed by atoms with van der Waals surface area (Å²) in [5.41, 5.74) is 1.87. The molecule has 114 valence electrons. The molecule has 1 N–H and O–H groups in total. The van der Waals surface area contributed by atoms with Gasteiger partial charge in [-0.05, 0) is 24.1 Å². The van der Waals surface area contributed by atoms with E-state index in [1.807, 2.05) is 31.3 Å². The lowest BCUT2D eigenvalue weighted by molar-refractivity contribution is 0.534. The van der Waals surface area contributed by atoms with Crippen LogP contribution in [0.1, 0.15) is 12.0 Å². The number of anilines is 1. The minimum atomic E-state index is -3.09. The van der Waals surface area contributed by atoms with Crippen molar-refractivity contribution >= 4 is 21.7 Å². The van der Waals surface area contributed by atoms with E-state index in [-0.39, 0.29) is 5.75 Å². The number of aliphatic imine (C=N–C) groups is 1. The summed E-state index contributed by atoms with van der Waals surface area (Å²) in [5.74, 6) is 1.17. The molecule has 1 aromatic carbocycles. The number of hydrogen-bond donors (Lipinski definition) is 1. The van der Waals surface area contributed by atoms with Gasteiger partial charge < -0.3 is 10.2 Å². The summed E-state index contributed by atoms with van der Waals surface area (Å²) >= 11 is 0. The molecule has 7 heteroatoms. The molecule has 1 aromatic rings. The zero-order valence-corrected chi connectivity index (χ0v) is 12.9. The molecule has 0 aliphatic carbocycles. The molecular formula is C14H20N4O2S. The largest absolute Gasteiger partial charge is 0.352 e. The van der Waals surface area contributed by atoms with Crippen LogP contribution in [0.15, 0.2) is 29.3 Å². The second-order valence-electron chi connectivity index (χ2n) is 5.39. The molecule has 0 aromatic heterocycles. The second kappa shape index (κ2) is 5.55. The summed E-state index contributed by atoms with van der Waals surface area (Å²) < 4.78 is 25.2.